The number of hydrogen-bond donors (Lipinski definition) is 1. The summed E-state index contributed by atoms with van der Waals surface area (Å²) in [6.07, 6.45) is 5.18. The number of ether oxygens (including phenoxy) is 1. The number of benzene rings is 2. The fourth-order valence-corrected chi connectivity index (χ4v) is 4.31. The van der Waals surface area contributed by atoms with Crippen LogP contribution >= 0.6 is 11.8 Å². The Hall–Kier alpha value is -3.06. The molecule has 0 saturated carbocycles. The molecule has 7 heteroatoms. The summed E-state index contributed by atoms with van der Waals surface area (Å²) in [6, 6.07) is 17.4. The van der Waals surface area contributed by atoms with E-state index < -0.39 is 0 Å². The lowest BCUT2D eigenvalue weighted by molar-refractivity contribution is 0.0953. The van der Waals surface area contributed by atoms with E-state index in [2.05, 4.69) is 32.3 Å². The molecule has 6 nitrogen and oxygen atoms in total. The fraction of sp³-hybridized carbons (Fsp3) is 0.292. The molecule has 0 aliphatic carbocycles. The molecule has 1 aliphatic rings. The largest absolute Gasteiger partial charge is 0.436 e. The Morgan fingerprint density at radius 1 is 1.00 bits per heavy atom. The highest BCUT2D eigenvalue weighted by Gasteiger charge is 2.18. The number of anilines is 1. The van der Waals surface area contributed by atoms with Crippen molar-refractivity contribution in [1.29, 1.82) is 0 Å². The zero-order valence-electron chi connectivity index (χ0n) is 17.4. The van der Waals surface area contributed by atoms with Crippen molar-refractivity contribution < 1.29 is 9.53 Å². The molecule has 3 aromatic rings. The summed E-state index contributed by atoms with van der Waals surface area (Å²) in [7, 11) is 0. The van der Waals surface area contributed by atoms with Gasteiger partial charge in [-0.15, -0.1) is 0 Å². The van der Waals surface area contributed by atoms with Crippen molar-refractivity contribution in [2.45, 2.75) is 12.8 Å². The lowest BCUT2D eigenvalue weighted by Crippen LogP contribution is -2.33. The van der Waals surface area contributed by atoms with Crippen molar-refractivity contribution in [2.24, 2.45) is 0 Å². The van der Waals surface area contributed by atoms with E-state index in [9.17, 15) is 4.79 Å². The van der Waals surface area contributed by atoms with Gasteiger partial charge in [-0.3, -0.25) is 4.79 Å². The van der Waals surface area contributed by atoms with Gasteiger partial charge in [0.15, 0.2) is 5.82 Å². The van der Waals surface area contributed by atoms with Crippen LogP contribution in [0.25, 0.3) is 0 Å². The second kappa shape index (κ2) is 10.8. The van der Waals surface area contributed by atoms with Crippen molar-refractivity contribution in [3.05, 3.63) is 78.1 Å². The molecule has 31 heavy (non-hydrogen) atoms. The minimum absolute atomic E-state index is 0.0781. The van der Waals surface area contributed by atoms with Crippen LogP contribution in [0.4, 0.5) is 5.82 Å². The highest BCUT2D eigenvalue weighted by Crippen LogP contribution is 2.29. The van der Waals surface area contributed by atoms with Crippen molar-refractivity contribution in [3.8, 4) is 11.6 Å². The molecule has 4 rings (SSSR count). The topological polar surface area (TPSA) is 67.3 Å². The quantitative estimate of drug-likeness (QED) is 0.537. The first kappa shape index (κ1) is 21.2. The summed E-state index contributed by atoms with van der Waals surface area (Å²) in [5, 5.41) is 2.98. The Kier molecular flexibility index (Phi) is 7.39. The number of aromatic nitrogens is 2. The normalized spacial score (nSPS) is 13.6. The van der Waals surface area contributed by atoms with Gasteiger partial charge < -0.3 is 15.0 Å². The van der Waals surface area contributed by atoms with E-state index >= 15 is 0 Å². The highest BCUT2D eigenvalue weighted by molar-refractivity contribution is 7.99. The van der Waals surface area contributed by atoms with Crippen LogP contribution in [0.15, 0.2) is 67.0 Å². The van der Waals surface area contributed by atoms with E-state index in [4.69, 9.17) is 4.74 Å². The van der Waals surface area contributed by atoms with Gasteiger partial charge in [0.1, 0.15) is 5.75 Å². The maximum atomic E-state index is 12.4. The van der Waals surface area contributed by atoms with E-state index in [0.29, 0.717) is 23.7 Å². The number of hydrogen-bond acceptors (Lipinski definition) is 6. The average molecular weight is 435 g/mol. The number of carbonyl (C=O) groups is 1. The van der Waals surface area contributed by atoms with E-state index in [1.165, 1.54) is 5.56 Å². The Bertz CT molecular complexity index is 976. The molecule has 1 saturated heterocycles. The van der Waals surface area contributed by atoms with Crippen molar-refractivity contribution in [3.63, 3.8) is 0 Å². The number of nitrogens with one attached hydrogen (secondary N) is 1. The van der Waals surface area contributed by atoms with Gasteiger partial charge in [0.25, 0.3) is 11.8 Å². The van der Waals surface area contributed by atoms with Crippen molar-refractivity contribution >= 4 is 23.5 Å². The van der Waals surface area contributed by atoms with Gasteiger partial charge in [0.05, 0.1) is 0 Å². The molecule has 0 unspecified atom stereocenters. The fourth-order valence-electron chi connectivity index (χ4n) is 3.41. The summed E-state index contributed by atoms with van der Waals surface area (Å²) in [5.74, 6) is 3.96. The molecule has 2 aromatic carbocycles. The number of thioether (sulfide) groups is 1. The lowest BCUT2D eigenvalue weighted by Gasteiger charge is -2.28. The molecule has 1 fully saturated rings. The number of amides is 1. The lowest BCUT2D eigenvalue weighted by atomic mass is 10.1. The predicted octanol–water partition coefficient (Wildman–Crippen LogP) is 4.18. The van der Waals surface area contributed by atoms with Gasteiger partial charge in [-0.1, -0.05) is 30.3 Å². The minimum atomic E-state index is -0.0781. The summed E-state index contributed by atoms with van der Waals surface area (Å²) in [4.78, 5) is 23.4. The Morgan fingerprint density at radius 3 is 2.52 bits per heavy atom. The molecule has 0 spiro atoms. The molecular weight excluding hydrogens is 408 g/mol. The van der Waals surface area contributed by atoms with Crippen LogP contribution in [-0.4, -0.2) is 47.0 Å². The van der Waals surface area contributed by atoms with Gasteiger partial charge in [-0.05, 0) is 42.7 Å². The highest BCUT2D eigenvalue weighted by atomic mass is 32.2. The van der Waals surface area contributed by atoms with Crippen LogP contribution < -0.4 is 15.0 Å². The first-order valence-electron chi connectivity index (χ1n) is 10.5. The molecule has 0 radical (unpaired) electrons. The molecule has 1 amide bonds. The monoisotopic (exact) mass is 434 g/mol. The third-order valence-electron chi connectivity index (χ3n) is 5.06. The molecule has 0 bridgehead atoms. The smallest absolute Gasteiger partial charge is 0.263 e. The maximum Gasteiger partial charge on any atom is 0.263 e. The molecule has 1 N–H and O–H groups in total. The standard InChI is InChI=1S/C24H26N4O2S/c29-23(26-12-4-7-19-5-2-1-3-6-19)20-8-10-21(11-9-20)30-24-22(25-13-14-27-24)28-15-17-31-18-16-28/h1-3,5-6,8-11,13-14H,4,7,12,15-18H2,(H,26,29). The molecule has 160 valence electrons. The van der Waals surface area contributed by atoms with Crippen LogP contribution in [-0.2, 0) is 6.42 Å². The molecular formula is C24H26N4O2S. The number of carbonyl (C=O) groups excluding carboxylic acids is 1. The summed E-state index contributed by atoms with van der Waals surface area (Å²) in [5.41, 5.74) is 1.89. The van der Waals surface area contributed by atoms with Crippen molar-refractivity contribution in [2.75, 3.05) is 36.0 Å². The van der Waals surface area contributed by atoms with Crippen LogP contribution in [0.1, 0.15) is 22.3 Å². The first-order valence-corrected chi connectivity index (χ1v) is 11.7. The third-order valence-corrected chi connectivity index (χ3v) is 6.00. The predicted molar refractivity (Wildman–Crippen MR) is 125 cm³/mol. The number of rotatable bonds is 8. The number of nitrogens with zero attached hydrogens (tertiary/aromatic N) is 3. The zero-order valence-corrected chi connectivity index (χ0v) is 18.2. The van der Waals surface area contributed by atoms with E-state index in [0.717, 1.165) is 43.3 Å². The molecule has 2 heterocycles. The van der Waals surface area contributed by atoms with Crippen LogP contribution in [0.5, 0.6) is 11.6 Å². The Morgan fingerprint density at radius 2 is 1.74 bits per heavy atom. The average Bonchev–Trinajstić information content (AvgIpc) is 2.84. The van der Waals surface area contributed by atoms with Gasteiger partial charge in [-0.25, -0.2) is 9.97 Å². The van der Waals surface area contributed by atoms with Gasteiger partial charge >= 0.3 is 0 Å². The van der Waals surface area contributed by atoms with Crippen LogP contribution in [0, 0.1) is 0 Å². The Labute approximate surface area is 187 Å². The summed E-state index contributed by atoms with van der Waals surface area (Å²) in [6.45, 7) is 2.51. The Balaban J connectivity index is 1.31. The number of aryl methyl sites for hydroxylation is 1. The van der Waals surface area contributed by atoms with Gasteiger partial charge in [0, 0.05) is 49.1 Å². The summed E-state index contributed by atoms with van der Waals surface area (Å²) >= 11 is 1.94. The first-order chi connectivity index (χ1) is 15.3. The van der Waals surface area contributed by atoms with Gasteiger partial charge in [-0.2, -0.15) is 11.8 Å². The zero-order chi connectivity index (χ0) is 21.3. The minimum Gasteiger partial charge on any atom is -0.436 e. The van der Waals surface area contributed by atoms with E-state index in [-0.39, 0.29) is 5.91 Å². The second-order valence-electron chi connectivity index (χ2n) is 7.26. The van der Waals surface area contributed by atoms with Crippen LogP contribution in [0.2, 0.25) is 0 Å². The molecule has 0 atom stereocenters. The van der Waals surface area contributed by atoms with E-state index in [1.807, 2.05) is 30.0 Å². The second-order valence-corrected chi connectivity index (χ2v) is 8.48. The van der Waals surface area contributed by atoms with Crippen molar-refractivity contribution in [1.82, 2.24) is 15.3 Å². The van der Waals surface area contributed by atoms with E-state index in [1.54, 1.807) is 36.7 Å². The van der Waals surface area contributed by atoms with Crippen LogP contribution in [0.3, 0.4) is 0 Å². The van der Waals surface area contributed by atoms with Gasteiger partial charge in [0.2, 0.25) is 0 Å². The summed E-state index contributed by atoms with van der Waals surface area (Å²) < 4.78 is 5.99. The molecule has 1 aliphatic heterocycles. The SMILES string of the molecule is O=C(NCCCc1ccccc1)c1ccc(Oc2nccnc2N2CCSCC2)cc1. The third kappa shape index (κ3) is 5.98. The molecule has 1 aromatic heterocycles. The maximum absolute atomic E-state index is 12.4.